The second-order valence-electron chi connectivity index (χ2n) is 9.54. The third-order valence-electron chi connectivity index (χ3n) is 5.70. The monoisotopic (exact) mass is 433 g/mol. The lowest BCUT2D eigenvalue weighted by Gasteiger charge is -2.35. The number of anilines is 1. The number of alkyl carbamates (subject to hydrolysis) is 1. The van der Waals surface area contributed by atoms with E-state index in [1.165, 1.54) is 12.0 Å². The first kappa shape index (κ1) is 23.3. The van der Waals surface area contributed by atoms with Gasteiger partial charge in [-0.25, -0.2) is 14.6 Å². The molecule has 1 aromatic heterocycles. The van der Waals surface area contributed by atoms with Gasteiger partial charge in [0.25, 0.3) is 0 Å². The van der Waals surface area contributed by atoms with Crippen LogP contribution in [0.15, 0.2) is 12.1 Å². The molecular formula is C23H35N3O5. The fraction of sp³-hybridized carbons (Fsp3) is 0.696. The molecule has 1 aliphatic carbocycles. The molecule has 0 radical (unpaired) electrons. The summed E-state index contributed by atoms with van der Waals surface area (Å²) >= 11 is 0. The van der Waals surface area contributed by atoms with E-state index in [1.807, 2.05) is 0 Å². The van der Waals surface area contributed by atoms with E-state index in [0.29, 0.717) is 12.5 Å². The molecule has 0 spiro atoms. The summed E-state index contributed by atoms with van der Waals surface area (Å²) in [6.45, 7) is 6.49. The lowest BCUT2D eigenvalue weighted by atomic mass is 9.79. The van der Waals surface area contributed by atoms with Gasteiger partial charge in [-0.1, -0.05) is 6.07 Å². The number of carboxylic acid groups (broad SMARTS) is 1. The number of amides is 1. The molecule has 8 nitrogen and oxygen atoms in total. The van der Waals surface area contributed by atoms with E-state index in [0.717, 1.165) is 50.2 Å². The standard InChI is InChI=1S/C23H35N3O5/c1-23(2,3)31-22(29)26-19(21(27)28)10-12-30-18-13-15(14-18)6-8-17-9-7-16-5-4-11-24-20(16)25-17/h7,9,15,18-19H,4-6,8,10-14H2,1-3H3,(H,24,25)(H,26,29)(H,27,28)/t15-,18-,19?. The number of fused-ring (bicyclic) bond motifs is 1. The van der Waals surface area contributed by atoms with Crippen molar-refractivity contribution in [3.05, 3.63) is 23.4 Å². The van der Waals surface area contributed by atoms with Gasteiger partial charge in [0, 0.05) is 25.3 Å². The number of aryl methyl sites for hydroxylation is 2. The second kappa shape index (κ2) is 10.3. The number of aromatic nitrogens is 1. The Morgan fingerprint density at radius 2 is 2.10 bits per heavy atom. The Hall–Kier alpha value is -2.35. The van der Waals surface area contributed by atoms with Crippen LogP contribution in [0, 0.1) is 5.92 Å². The Labute approximate surface area is 184 Å². The molecular weight excluding hydrogens is 398 g/mol. The fourth-order valence-electron chi connectivity index (χ4n) is 3.97. The van der Waals surface area contributed by atoms with Gasteiger partial charge in [0.2, 0.25) is 0 Å². The van der Waals surface area contributed by atoms with Crippen LogP contribution in [0.4, 0.5) is 10.6 Å². The maximum atomic E-state index is 11.8. The lowest BCUT2D eigenvalue weighted by Crippen LogP contribution is -2.44. The molecule has 2 heterocycles. The van der Waals surface area contributed by atoms with Crippen molar-refractivity contribution in [1.29, 1.82) is 0 Å². The van der Waals surface area contributed by atoms with Crippen molar-refractivity contribution >= 4 is 17.9 Å². The van der Waals surface area contributed by atoms with Gasteiger partial charge in [0.1, 0.15) is 17.5 Å². The van der Waals surface area contributed by atoms with E-state index < -0.39 is 23.7 Å². The lowest BCUT2D eigenvalue weighted by molar-refractivity contribution is -0.140. The minimum atomic E-state index is -1.09. The molecule has 0 aromatic carbocycles. The number of nitrogens with zero attached hydrogens (tertiary/aromatic N) is 1. The van der Waals surface area contributed by atoms with Crippen LogP contribution in [0.3, 0.4) is 0 Å². The highest BCUT2D eigenvalue weighted by Crippen LogP contribution is 2.34. The van der Waals surface area contributed by atoms with Crippen LogP contribution in [-0.4, -0.2) is 53.1 Å². The van der Waals surface area contributed by atoms with E-state index in [2.05, 4.69) is 22.8 Å². The summed E-state index contributed by atoms with van der Waals surface area (Å²) in [6, 6.07) is 3.32. The number of carboxylic acids is 1. The first-order chi connectivity index (χ1) is 14.7. The second-order valence-corrected chi connectivity index (χ2v) is 9.54. The third-order valence-corrected chi connectivity index (χ3v) is 5.70. The van der Waals surface area contributed by atoms with Gasteiger partial charge in [-0.05, 0) is 76.8 Å². The van der Waals surface area contributed by atoms with Crippen molar-refractivity contribution in [2.75, 3.05) is 18.5 Å². The minimum Gasteiger partial charge on any atom is -0.480 e. The highest BCUT2D eigenvalue weighted by atomic mass is 16.6. The molecule has 31 heavy (non-hydrogen) atoms. The molecule has 0 bridgehead atoms. The molecule has 1 amide bonds. The fourth-order valence-corrected chi connectivity index (χ4v) is 3.97. The van der Waals surface area contributed by atoms with E-state index in [-0.39, 0.29) is 12.5 Å². The summed E-state index contributed by atoms with van der Waals surface area (Å²) in [4.78, 5) is 27.9. The number of hydrogen-bond acceptors (Lipinski definition) is 6. The molecule has 0 saturated heterocycles. The highest BCUT2D eigenvalue weighted by Gasteiger charge is 2.30. The molecule has 1 aliphatic heterocycles. The number of rotatable bonds is 9. The Morgan fingerprint density at radius 1 is 1.32 bits per heavy atom. The summed E-state index contributed by atoms with van der Waals surface area (Å²) in [5, 5.41) is 15.1. The van der Waals surface area contributed by atoms with Crippen molar-refractivity contribution in [2.45, 2.75) is 83.5 Å². The zero-order chi connectivity index (χ0) is 22.4. The van der Waals surface area contributed by atoms with E-state index in [4.69, 9.17) is 14.5 Å². The zero-order valence-corrected chi connectivity index (χ0v) is 18.8. The van der Waals surface area contributed by atoms with Crippen molar-refractivity contribution < 1.29 is 24.2 Å². The number of pyridine rings is 1. The Balaban J connectivity index is 1.31. The van der Waals surface area contributed by atoms with Crippen molar-refractivity contribution in [3.63, 3.8) is 0 Å². The van der Waals surface area contributed by atoms with Crippen LogP contribution >= 0.6 is 0 Å². The molecule has 1 unspecified atom stereocenters. The first-order valence-electron chi connectivity index (χ1n) is 11.3. The van der Waals surface area contributed by atoms with Crippen LogP contribution in [0.5, 0.6) is 0 Å². The highest BCUT2D eigenvalue weighted by molar-refractivity contribution is 5.79. The summed E-state index contributed by atoms with van der Waals surface area (Å²) in [6.07, 6.45) is 5.95. The van der Waals surface area contributed by atoms with Crippen LogP contribution < -0.4 is 10.6 Å². The molecule has 172 valence electrons. The molecule has 8 heteroatoms. The van der Waals surface area contributed by atoms with Crippen molar-refractivity contribution in [2.24, 2.45) is 5.92 Å². The van der Waals surface area contributed by atoms with Gasteiger partial charge in [-0.2, -0.15) is 0 Å². The number of aliphatic carboxylic acids is 1. The van der Waals surface area contributed by atoms with Crippen LogP contribution in [0.1, 0.15) is 64.1 Å². The molecule has 1 saturated carbocycles. The molecule has 3 N–H and O–H groups in total. The third kappa shape index (κ3) is 7.38. The van der Waals surface area contributed by atoms with Crippen LogP contribution in [-0.2, 0) is 27.1 Å². The molecule has 1 aromatic rings. The quantitative estimate of drug-likeness (QED) is 0.546. The molecule has 1 fully saturated rings. The van der Waals surface area contributed by atoms with Crippen LogP contribution in [0.25, 0.3) is 0 Å². The van der Waals surface area contributed by atoms with Gasteiger partial charge in [-0.3, -0.25) is 0 Å². The summed E-state index contributed by atoms with van der Waals surface area (Å²) < 4.78 is 10.9. The summed E-state index contributed by atoms with van der Waals surface area (Å²) in [5.74, 6) is 0.575. The predicted octanol–water partition coefficient (Wildman–Crippen LogP) is 3.54. The van der Waals surface area contributed by atoms with E-state index in [1.54, 1.807) is 20.8 Å². The van der Waals surface area contributed by atoms with Gasteiger partial charge in [0.05, 0.1) is 6.10 Å². The number of hydrogen-bond donors (Lipinski definition) is 3. The number of ether oxygens (including phenoxy) is 2. The van der Waals surface area contributed by atoms with Crippen molar-refractivity contribution in [1.82, 2.24) is 10.3 Å². The Bertz CT molecular complexity index is 771. The molecule has 2 aliphatic rings. The largest absolute Gasteiger partial charge is 0.480 e. The normalized spacial score (nSPS) is 21.3. The number of carbonyl (C=O) groups excluding carboxylic acids is 1. The Morgan fingerprint density at radius 3 is 2.81 bits per heavy atom. The van der Waals surface area contributed by atoms with E-state index in [9.17, 15) is 14.7 Å². The van der Waals surface area contributed by atoms with Gasteiger partial charge < -0.3 is 25.2 Å². The predicted molar refractivity (Wildman–Crippen MR) is 117 cm³/mol. The van der Waals surface area contributed by atoms with Gasteiger partial charge >= 0.3 is 12.1 Å². The van der Waals surface area contributed by atoms with Gasteiger partial charge in [-0.15, -0.1) is 0 Å². The first-order valence-corrected chi connectivity index (χ1v) is 11.3. The van der Waals surface area contributed by atoms with Crippen molar-refractivity contribution in [3.8, 4) is 0 Å². The SMILES string of the molecule is CC(C)(C)OC(=O)NC(CCO[C@H]1C[C@H](CCc2ccc3c(n2)NCCC3)C1)C(=O)O. The number of carbonyl (C=O) groups is 2. The number of nitrogens with one attached hydrogen (secondary N) is 2. The van der Waals surface area contributed by atoms with E-state index >= 15 is 0 Å². The maximum absolute atomic E-state index is 11.8. The molecule has 1 atom stereocenters. The smallest absolute Gasteiger partial charge is 0.408 e. The average Bonchev–Trinajstić information content (AvgIpc) is 2.66. The maximum Gasteiger partial charge on any atom is 0.408 e. The summed E-state index contributed by atoms with van der Waals surface area (Å²) in [5.41, 5.74) is 1.78. The van der Waals surface area contributed by atoms with Gasteiger partial charge in [0.15, 0.2) is 0 Å². The minimum absolute atomic E-state index is 0.166. The zero-order valence-electron chi connectivity index (χ0n) is 18.8. The summed E-state index contributed by atoms with van der Waals surface area (Å²) in [7, 11) is 0. The average molecular weight is 434 g/mol. The van der Waals surface area contributed by atoms with Crippen LogP contribution in [0.2, 0.25) is 0 Å². The topological polar surface area (TPSA) is 110 Å². The molecule has 3 rings (SSSR count). The Kier molecular flexibility index (Phi) is 7.75.